The van der Waals surface area contributed by atoms with Crippen molar-refractivity contribution in [1.29, 1.82) is 0 Å². The van der Waals surface area contributed by atoms with Gasteiger partial charge in [-0.25, -0.2) is 4.98 Å². The summed E-state index contributed by atoms with van der Waals surface area (Å²) in [5, 5.41) is 3.36. The zero-order chi connectivity index (χ0) is 14.2. The number of carbonyl (C=O) groups excluding carboxylic acids is 1. The molecular weight excluding hydrogens is 256 g/mol. The molecule has 1 N–H and O–H groups in total. The highest BCUT2D eigenvalue weighted by Gasteiger charge is 2.16. The fourth-order valence-electron chi connectivity index (χ4n) is 2.28. The minimum atomic E-state index is 0.203. The van der Waals surface area contributed by atoms with Gasteiger partial charge in [-0.2, -0.15) is 0 Å². The molecule has 0 radical (unpaired) electrons. The topological polar surface area (TPSA) is 59.4 Å². The Morgan fingerprint density at radius 3 is 3.00 bits per heavy atom. The molecule has 0 unspecified atom stereocenters. The Morgan fingerprint density at radius 2 is 2.25 bits per heavy atom. The molecule has 0 aromatic carbocycles. The van der Waals surface area contributed by atoms with Crippen LogP contribution < -0.4 is 5.32 Å². The Hall–Kier alpha value is -1.40. The molecule has 112 valence electrons. The number of rotatable bonds is 7. The highest BCUT2D eigenvalue weighted by Crippen LogP contribution is 2.05. The molecule has 0 saturated carbocycles. The minimum absolute atomic E-state index is 0.203. The van der Waals surface area contributed by atoms with Crippen molar-refractivity contribution in [3.63, 3.8) is 0 Å². The van der Waals surface area contributed by atoms with Crippen molar-refractivity contribution in [3.8, 4) is 0 Å². The van der Waals surface area contributed by atoms with Crippen LogP contribution >= 0.6 is 0 Å². The van der Waals surface area contributed by atoms with E-state index in [0.29, 0.717) is 39.3 Å². The Morgan fingerprint density at radius 1 is 1.45 bits per heavy atom. The molecular formula is C14H24N4O2. The number of aromatic nitrogens is 2. The van der Waals surface area contributed by atoms with Gasteiger partial charge in [0.05, 0.1) is 25.2 Å². The summed E-state index contributed by atoms with van der Waals surface area (Å²) in [4.78, 5) is 18.1. The van der Waals surface area contributed by atoms with E-state index < -0.39 is 0 Å². The number of amides is 1. The van der Waals surface area contributed by atoms with Gasteiger partial charge in [0.25, 0.3) is 0 Å². The van der Waals surface area contributed by atoms with Crippen molar-refractivity contribution in [2.75, 3.05) is 32.8 Å². The first-order valence-electron chi connectivity index (χ1n) is 7.36. The van der Waals surface area contributed by atoms with Crippen molar-refractivity contribution < 1.29 is 9.53 Å². The summed E-state index contributed by atoms with van der Waals surface area (Å²) in [6.45, 7) is 7.38. The van der Waals surface area contributed by atoms with Crippen LogP contribution in [0.25, 0.3) is 0 Å². The van der Waals surface area contributed by atoms with Crippen LogP contribution in [0, 0.1) is 0 Å². The summed E-state index contributed by atoms with van der Waals surface area (Å²) in [5.41, 5.74) is 1.13. The third-order valence-corrected chi connectivity index (χ3v) is 3.46. The molecule has 1 aromatic heterocycles. The summed E-state index contributed by atoms with van der Waals surface area (Å²) in [7, 11) is 0. The van der Waals surface area contributed by atoms with Crippen LogP contribution in [0.3, 0.4) is 0 Å². The molecule has 0 bridgehead atoms. The predicted molar refractivity (Wildman–Crippen MR) is 76.2 cm³/mol. The number of carbonyl (C=O) groups is 1. The maximum absolute atomic E-state index is 12.1. The number of imidazole rings is 1. The highest BCUT2D eigenvalue weighted by molar-refractivity contribution is 5.76. The number of hydrogen-bond donors (Lipinski definition) is 1. The van der Waals surface area contributed by atoms with Gasteiger partial charge in [-0.05, 0) is 13.0 Å². The standard InChI is InChI=1S/C14H24N4O2/c1-2-4-15-10-13-11-16-12-18(13)5-3-14(19)17-6-8-20-9-7-17/h11-12,15H,2-10H2,1H3. The maximum Gasteiger partial charge on any atom is 0.224 e. The first kappa shape index (κ1) is 15.0. The maximum atomic E-state index is 12.1. The van der Waals surface area contributed by atoms with Crippen LogP contribution in [-0.4, -0.2) is 53.2 Å². The van der Waals surface area contributed by atoms with Crippen molar-refractivity contribution in [3.05, 3.63) is 18.2 Å². The van der Waals surface area contributed by atoms with E-state index in [-0.39, 0.29) is 5.91 Å². The zero-order valence-electron chi connectivity index (χ0n) is 12.2. The minimum Gasteiger partial charge on any atom is -0.378 e. The van der Waals surface area contributed by atoms with Gasteiger partial charge in [0.1, 0.15) is 0 Å². The number of aryl methyl sites for hydroxylation is 1. The van der Waals surface area contributed by atoms with Gasteiger partial charge in [-0.3, -0.25) is 4.79 Å². The lowest BCUT2D eigenvalue weighted by atomic mass is 10.3. The number of nitrogens with one attached hydrogen (secondary N) is 1. The monoisotopic (exact) mass is 280 g/mol. The van der Waals surface area contributed by atoms with Gasteiger partial charge >= 0.3 is 0 Å². The smallest absolute Gasteiger partial charge is 0.224 e. The largest absolute Gasteiger partial charge is 0.378 e. The highest BCUT2D eigenvalue weighted by atomic mass is 16.5. The number of hydrogen-bond acceptors (Lipinski definition) is 4. The molecule has 2 rings (SSSR count). The second kappa shape index (κ2) is 8.01. The van der Waals surface area contributed by atoms with E-state index in [0.717, 1.165) is 25.2 Å². The molecule has 1 saturated heterocycles. The lowest BCUT2D eigenvalue weighted by molar-refractivity contribution is -0.135. The van der Waals surface area contributed by atoms with E-state index in [1.54, 1.807) is 6.33 Å². The van der Waals surface area contributed by atoms with E-state index in [2.05, 4.69) is 21.8 Å². The van der Waals surface area contributed by atoms with Gasteiger partial charge in [0.2, 0.25) is 5.91 Å². The third-order valence-electron chi connectivity index (χ3n) is 3.46. The van der Waals surface area contributed by atoms with Crippen LogP contribution in [0.2, 0.25) is 0 Å². The van der Waals surface area contributed by atoms with E-state index in [1.165, 1.54) is 0 Å². The zero-order valence-corrected chi connectivity index (χ0v) is 12.2. The van der Waals surface area contributed by atoms with Crippen LogP contribution in [-0.2, 0) is 22.6 Å². The number of nitrogens with zero attached hydrogens (tertiary/aromatic N) is 3. The predicted octanol–water partition coefficient (Wildman–Crippen LogP) is 0.632. The molecule has 20 heavy (non-hydrogen) atoms. The second-order valence-electron chi connectivity index (χ2n) is 5.00. The number of ether oxygens (including phenoxy) is 1. The summed E-state index contributed by atoms with van der Waals surface area (Å²) >= 11 is 0. The van der Waals surface area contributed by atoms with Crippen LogP contribution in [0.5, 0.6) is 0 Å². The normalized spacial score (nSPS) is 15.6. The van der Waals surface area contributed by atoms with Gasteiger partial charge in [-0.15, -0.1) is 0 Å². The first-order valence-corrected chi connectivity index (χ1v) is 7.36. The molecule has 6 nitrogen and oxygen atoms in total. The summed E-state index contributed by atoms with van der Waals surface area (Å²) in [6, 6.07) is 0. The summed E-state index contributed by atoms with van der Waals surface area (Å²) in [6.07, 6.45) is 5.30. The van der Waals surface area contributed by atoms with Gasteiger partial charge < -0.3 is 19.5 Å². The lowest BCUT2D eigenvalue weighted by Crippen LogP contribution is -2.41. The third kappa shape index (κ3) is 4.31. The van der Waals surface area contributed by atoms with E-state index >= 15 is 0 Å². The summed E-state index contributed by atoms with van der Waals surface area (Å²) in [5.74, 6) is 0.203. The fourth-order valence-corrected chi connectivity index (χ4v) is 2.28. The lowest BCUT2D eigenvalue weighted by Gasteiger charge is -2.27. The van der Waals surface area contributed by atoms with Crippen molar-refractivity contribution in [2.45, 2.75) is 32.9 Å². The average molecular weight is 280 g/mol. The van der Waals surface area contributed by atoms with Gasteiger partial charge in [-0.1, -0.05) is 6.92 Å². The molecule has 0 aliphatic carbocycles. The van der Waals surface area contributed by atoms with Crippen LogP contribution in [0.1, 0.15) is 25.5 Å². The molecule has 1 amide bonds. The van der Waals surface area contributed by atoms with Gasteiger partial charge in [0, 0.05) is 38.8 Å². The van der Waals surface area contributed by atoms with E-state index in [1.807, 2.05) is 11.1 Å². The molecule has 1 aromatic rings. The molecule has 1 aliphatic rings. The Labute approximate surface area is 120 Å². The quantitative estimate of drug-likeness (QED) is 0.744. The van der Waals surface area contributed by atoms with E-state index in [4.69, 9.17) is 4.74 Å². The first-order chi connectivity index (χ1) is 9.81. The molecule has 1 fully saturated rings. The summed E-state index contributed by atoms with van der Waals surface area (Å²) < 4.78 is 7.31. The molecule has 6 heteroatoms. The average Bonchev–Trinajstić information content (AvgIpc) is 2.93. The Kier molecular flexibility index (Phi) is 6.01. The molecule has 2 heterocycles. The molecule has 1 aliphatic heterocycles. The Balaban J connectivity index is 1.78. The molecule has 0 atom stereocenters. The van der Waals surface area contributed by atoms with Crippen molar-refractivity contribution >= 4 is 5.91 Å². The fraction of sp³-hybridized carbons (Fsp3) is 0.714. The second-order valence-corrected chi connectivity index (χ2v) is 5.00. The number of morpholine rings is 1. The van der Waals surface area contributed by atoms with Crippen molar-refractivity contribution in [2.24, 2.45) is 0 Å². The van der Waals surface area contributed by atoms with Crippen molar-refractivity contribution in [1.82, 2.24) is 19.8 Å². The van der Waals surface area contributed by atoms with Crippen LogP contribution in [0.15, 0.2) is 12.5 Å². The Bertz CT molecular complexity index is 413. The van der Waals surface area contributed by atoms with Gasteiger partial charge in [0.15, 0.2) is 0 Å². The van der Waals surface area contributed by atoms with Crippen LogP contribution in [0.4, 0.5) is 0 Å². The molecule has 0 spiro atoms. The van der Waals surface area contributed by atoms with E-state index in [9.17, 15) is 4.79 Å². The SMILES string of the molecule is CCCNCc1cncn1CCC(=O)N1CCOCC1.